The topological polar surface area (TPSA) is 61.4 Å². The fraction of sp³-hybridized carbons (Fsp3) is 0.333. The Balaban J connectivity index is 2.59. The van der Waals surface area contributed by atoms with Crippen molar-refractivity contribution in [1.29, 1.82) is 0 Å². The van der Waals surface area contributed by atoms with Gasteiger partial charge in [0.2, 0.25) is 0 Å². The number of carbonyl (C=O) groups is 1. The summed E-state index contributed by atoms with van der Waals surface area (Å²) in [7, 11) is 0. The molecule has 1 aromatic carbocycles. The first-order chi connectivity index (χ1) is 8.40. The van der Waals surface area contributed by atoms with Crippen molar-refractivity contribution in [2.45, 2.75) is 20.0 Å². The van der Waals surface area contributed by atoms with Gasteiger partial charge >= 0.3 is 0 Å². The average Bonchev–Trinajstić information content (AvgIpc) is 2.30. The van der Waals surface area contributed by atoms with E-state index in [4.69, 9.17) is 17.3 Å². The lowest BCUT2D eigenvalue weighted by Gasteiger charge is -2.11. The van der Waals surface area contributed by atoms with Gasteiger partial charge in [0.1, 0.15) is 0 Å². The molecule has 0 aliphatic heterocycles. The Hall–Kier alpha value is -0.980. The normalized spacial score (nSPS) is 11.8. The average molecular weight is 331 g/mol. The molecule has 1 unspecified atom stereocenters. The van der Waals surface area contributed by atoms with E-state index < -0.39 is 6.10 Å². The van der Waals surface area contributed by atoms with Gasteiger partial charge in [-0.1, -0.05) is 22.0 Å². The largest absolute Gasteiger partial charge is 0.392 e. The van der Waals surface area contributed by atoms with E-state index in [9.17, 15) is 4.79 Å². The SMILES string of the molecule is Cc1ccc(C(=O)NC(=S)NCC(C)O)cc1Br. The number of halogens is 1. The van der Waals surface area contributed by atoms with Gasteiger partial charge in [-0.3, -0.25) is 10.1 Å². The molecule has 0 aliphatic rings. The predicted octanol–water partition coefficient (Wildman–Crippen LogP) is 1.74. The lowest BCUT2D eigenvalue weighted by molar-refractivity contribution is 0.0976. The number of aliphatic hydroxyl groups is 1. The van der Waals surface area contributed by atoms with Crippen molar-refractivity contribution in [1.82, 2.24) is 10.6 Å². The van der Waals surface area contributed by atoms with Crippen LogP contribution in [0.4, 0.5) is 0 Å². The summed E-state index contributed by atoms with van der Waals surface area (Å²) in [4.78, 5) is 11.8. The highest BCUT2D eigenvalue weighted by molar-refractivity contribution is 9.10. The number of carbonyl (C=O) groups excluding carboxylic acids is 1. The van der Waals surface area contributed by atoms with Crippen molar-refractivity contribution >= 4 is 39.2 Å². The maximum atomic E-state index is 11.8. The van der Waals surface area contributed by atoms with Crippen molar-refractivity contribution in [3.05, 3.63) is 33.8 Å². The first kappa shape index (κ1) is 15.1. The van der Waals surface area contributed by atoms with Crippen molar-refractivity contribution in [2.75, 3.05) is 6.54 Å². The summed E-state index contributed by atoms with van der Waals surface area (Å²) in [6, 6.07) is 5.32. The summed E-state index contributed by atoms with van der Waals surface area (Å²) in [5.74, 6) is -0.279. The highest BCUT2D eigenvalue weighted by Gasteiger charge is 2.09. The summed E-state index contributed by atoms with van der Waals surface area (Å²) in [5.41, 5.74) is 1.58. The van der Waals surface area contributed by atoms with Crippen LogP contribution in [0.15, 0.2) is 22.7 Å². The minimum Gasteiger partial charge on any atom is -0.392 e. The number of nitrogens with one attached hydrogen (secondary N) is 2. The Morgan fingerprint density at radius 2 is 2.22 bits per heavy atom. The first-order valence-corrected chi connectivity index (χ1v) is 6.63. The van der Waals surface area contributed by atoms with E-state index in [-0.39, 0.29) is 11.0 Å². The van der Waals surface area contributed by atoms with Crippen molar-refractivity contribution in [3.8, 4) is 0 Å². The maximum Gasteiger partial charge on any atom is 0.257 e. The molecule has 0 aromatic heterocycles. The Bertz CT molecular complexity index is 463. The van der Waals surface area contributed by atoms with Gasteiger partial charge in [-0.05, 0) is 43.8 Å². The number of rotatable bonds is 3. The van der Waals surface area contributed by atoms with Crippen molar-refractivity contribution in [3.63, 3.8) is 0 Å². The molecule has 0 saturated heterocycles. The number of amides is 1. The van der Waals surface area contributed by atoms with Gasteiger partial charge in [0, 0.05) is 16.6 Å². The molecule has 0 bridgehead atoms. The fourth-order valence-corrected chi connectivity index (χ4v) is 1.75. The van der Waals surface area contributed by atoms with Gasteiger partial charge in [-0.2, -0.15) is 0 Å². The van der Waals surface area contributed by atoms with Crippen molar-refractivity contribution in [2.24, 2.45) is 0 Å². The van der Waals surface area contributed by atoms with E-state index >= 15 is 0 Å². The third-order valence-electron chi connectivity index (χ3n) is 2.22. The van der Waals surface area contributed by atoms with E-state index in [1.54, 1.807) is 19.1 Å². The molecule has 6 heteroatoms. The number of benzene rings is 1. The zero-order chi connectivity index (χ0) is 13.7. The van der Waals surface area contributed by atoms with Crippen LogP contribution in [0.3, 0.4) is 0 Å². The molecule has 18 heavy (non-hydrogen) atoms. The smallest absolute Gasteiger partial charge is 0.257 e. The molecule has 0 fully saturated rings. The lowest BCUT2D eigenvalue weighted by Crippen LogP contribution is -2.41. The van der Waals surface area contributed by atoms with Crippen LogP contribution >= 0.6 is 28.1 Å². The highest BCUT2D eigenvalue weighted by Crippen LogP contribution is 2.17. The molecule has 0 heterocycles. The molecular formula is C12H15BrN2O2S. The maximum absolute atomic E-state index is 11.8. The number of aryl methyl sites for hydroxylation is 1. The van der Waals surface area contributed by atoms with Gasteiger partial charge in [0.25, 0.3) is 5.91 Å². The van der Waals surface area contributed by atoms with Crippen LogP contribution in [0.2, 0.25) is 0 Å². The summed E-state index contributed by atoms with van der Waals surface area (Å²) in [6.07, 6.45) is -0.520. The Labute approximate surface area is 120 Å². The van der Waals surface area contributed by atoms with Crippen LogP contribution in [0.5, 0.6) is 0 Å². The number of thiocarbonyl (C=S) groups is 1. The first-order valence-electron chi connectivity index (χ1n) is 5.43. The number of aliphatic hydroxyl groups excluding tert-OH is 1. The molecule has 0 spiro atoms. The highest BCUT2D eigenvalue weighted by atomic mass is 79.9. The Kier molecular flexibility index (Phi) is 5.71. The van der Waals surface area contributed by atoms with Crippen LogP contribution < -0.4 is 10.6 Å². The molecule has 1 amide bonds. The van der Waals surface area contributed by atoms with Crippen LogP contribution in [-0.4, -0.2) is 28.8 Å². The van der Waals surface area contributed by atoms with E-state index in [1.165, 1.54) is 0 Å². The third kappa shape index (κ3) is 4.72. The van der Waals surface area contributed by atoms with Crippen molar-refractivity contribution < 1.29 is 9.90 Å². The summed E-state index contributed by atoms with van der Waals surface area (Å²) in [6.45, 7) is 3.88. The Morgan fingerprint density at radius 3 is 2.78 bits per heavy atom. The molecule has 0 radical (unpaired) electrons. The monoisotopic (exact) mass is 330 g/mol. The van der Waals surface area contributed by atoms with Crippen LogP contribution in [0.1, 0.15) is 22.8 Å². The van der Waals surface area contributed by atoms with Gasteiger partial charge < -0.3 is 10.4 Å². The van der Waals surface area contributed by atoms with Gasteiger partial charge in [-0.15, -0.1) is 0 Å². The summed E-state index contributed by atoms with van der Waals surface area (Å²) < 4.78 is 0.873. The second-order valence-electron chi connectivity index (χ2n) is 3.98. The summed E-state index contributed by atoms with van der Waals surface area (Å²) in [5, 5.41) is 14.6. The fourth-order valence-electron chi connectivity index (χ4n) is 1.19. The second-order valence-corrected chi connectivity index (χ2v) is 5.24. The Morgan fingerprint density at radius 1 is 1.56 bits per heavy atom. The zero-order valence-corrected chi connectivity index (χ0v) is 12.6. The molecule has 1 atom stereocenters. The molecular weight excluding hydrogens is 316 g/mol. The molecule has 0 aliphatic carbocycles. The number of hydrogen-bond donors (Lipinski definition) is 3. The van der Waals surface area contributed by atoms with E-state index in [2.05, 4.69) is 26.6 Å². The van der Waals surface area contributed by atoms with Gasteiger partial charge in [0.15, 0.2) is 5.11 Å². The molecule has 3 N–H and O–H groups in total. The minimum atomic E-state index is -0.520. The molecule has 1 aromatic rings. The molecule has 0 saturated carbocycles. The lowest BCUT2D eigenvalue weighted by atomic mass is 10.1. The standard InChI is InChI=1S/C12H15BrN2O2S/c1-7-3-4-9(5-10(7)13)11(17)15-12(18)14-6-8(2)16/h3-5,8,16H,6H2,1-2H3,(H2,14,15,17,18). The van der Waals surface area contributed by atoms with Gasteiger partial charge in [0.05, 0.1) is 6.10 Å². The van der Waals surface area contributed by atoms with Gasteiger partial charge in [-0.25, -0.2) is 0 Å². The van der Waals surface area contributed by atoms with E-state index in [0.29, 0.717) is 12.1 Å². The number of hydrogen-bond acceptors (Lipinski definition) is 3. The zero-order valence-electron chi connectivity index (χ0n) is 10.2. The van der Waals surface area contributed by atoms with Crippen LogP contribution in [0.25, 0.3) is 0 Å². The third-order valence-corrected chi connectivity index (χ3v) is 3.32. The molecule has 1 rings (SSSR count). The molecule has 4 nitrogen and oxygen atoms in total. The van der Waals surface area contributed by atoms with E-state index in [1.807, 2.05) is 13.0 Å². The molecule has 98 valence electrons. The van der Waals surface area contributed by atoms with E-state index in [0.717, 1.165) is 10.0 Å². The quantitative estimate of drug-likeness (QED) is 0.739. The second kappa shape index (κ2) is 6.82. The van der Waals surface area contributed by atoms with Crippen LogP contribution in [-0.2, 0) is 0 Å². The van der Waals surface area contributed by atoms with Crippen LogP contribution in [0, 0.1) is 6.92 Å². The summed E-state index contributed by atoms with van der Waals surface area (Å²) >= 11 is 8.31. The predicted molar refractivity (Wildman–Crippen MR) is 78.6 cm³/mol. The minimum absolute atomic E-state index is 0.206.